The van der Waals surface area contributed by atoms with Crippen LogP contribution in [0.25, 0.3) is 0 Å². The number of alkyl halides is 2. The van der Waals surface area contributed by atoms with Crippen LogP contribution < -0.4 is 4.74 Å². The molecule has 0 aliphatic carbocycles. The van der Waals surface area contributed by atoms with Gasteiger partial charge in [-0.15, -0.1) is 0 Å². The fraction of sp³-hybridized carbons (Fsp3) is 0.118. The quantitative estimate of drug-likeness (QED) is 0.795. The third-order valence-electron chi connectivity index (χ3n) is 3.65. The summed E-state index contributed by atoms with van der Waals surface area (Å²) in [5, 5.41) is 0.259. The van der Waals surface area contributed by atoms with Gasteiger partial charge in [0.2, 0.25) is 0 Å². The average Bonchev–Trinajstić information content (AvgIpc) is 2.86. The fourth-order valence-electron chi connectivity index (χ4n) is 2.50. The number of hydrogen-bond acceptors (Lipinski definition) is 5. The van der Waals surface area contributed by atoms with E-state index in [-0.39, 0.29) is 21.9 Å². The van der Waals surface area contributed by atoms with Crippen molar-refractivity contribution in [1.82, 2.24) is 5.06 Å². The lowest BCUT2D eigenvalue weighted by Crippen LogP contribution is -2.33. The second-order valence-electron chi connectivity index (χ2n) is 5.05. The zero-order valence-corrected chi connectivity index (χ0v) is 12.9. The van der Waals surface area contributed by atoms with E-state index in [4.69, 9.17) is 9.57 Å². The Hall–Kier alpha value is -3.29. The number of carbonyl (C=O) groups is 3. The molecule has 25 heavy (non-hydrogen) atoms. The maximum absolute atomic E-state index is 13.2. The molecule has 0 saturated carbocycles. The molecule has 2 aromatic rings. The highest BCUT2D eigenvalue weighted by atomic mass is 19.3. The van der Waals surface area contributed by atoms with Gasteiger partial charge < -0.3 is 9.57 Å². The summed E-state index contributed by atoms with van der Waals surface area (Å²) in [6.07, 6.45) is -2.97. The molecule has 2 aromatic carbocycles. The second kappa shape index (κ2) is 6.31. The fourth-order valence-corrected chi connectivity index (χ4v) is 2.50. The van der Waals surface area contributed by atoms with Crippen LogP contribution in [0.15, 0.2) is 42.5 Å². The first-order valence-electron chi connectivity index (χ1n) is 7.11. The number of nitrogens with zero attached hydrogens (tertiary/aromatic N) is 1. The smallest absolute Gasteiger partial charge is 0.368 e. The number of methoxy groups -OCH3 is 1. The van der Waals surface area contributed by atoms with Crippen LogP contribution in [0.1, 0.15) is 43.1 Å². The summed E-state index contributed by atoms with van der Waals surface area (Å²) in [6.45, 7) is 0. The van der Waals surface area contributed by atoms with Gasteiger partial charge in [-0.25, -0.2) is 13.6 Å². The van der Waals surface area contributed by atoms with Crippen LogP contribution in [0, 0.1) is 0 Å². The third-order valence-corrected chi connectivity index (χ3v) is 3.65. The minimum Gasteiger partial charge on any atom is -0.496 e. The molecule has 0 atom stereocenters. The van der Waals surface area contributed by atoms with E-state index in [1.54, 1.807) is 12.1 Å². The van der Waals surface area contributed by atoms with Crippen LogP contribution in [-0.2, 0) is 4.84 Å². The number of carbonyl (C=O) groups excluding carboxylic acids is 3. The van der Waals surface area contributed by atoms with Gasteiger partial charge in [-0.05, 0) is 18.2 Å². The van der Waals surface area contributed by atoms with Crippen molar-refractivity contribution in [1.29, 1.82) is 0 Å². The Morgan fingerprint density at radius 2 is 1.60 bits per heavy atom. The first-order chi connectivity index (χ1) is 12.0. The second-order valence-corrected chi connectivity index (χ2v) is 5.05. The van der Waals surface area contributed by atoms with Crippen molar-refractivity contribution < 1.29 is 32.7 Å². The number of rotatable bonds is 4. The summed E-state index contributed by atoms with van der Waals surface area (Å²) in [4.78, 5) is 41.6. The van der Waals surface area contributed by atoms with Crippen LogP contribution in [0.5, 0.6) is 5.75 Å². The third kappa shape index (κ3) is 2.71. The molecule has 0 radical (unpaired) electrons. The minimum atomic E-state index is -2.97. The Bertz CT molecular complexity index is 846. The molecular weight excluding hydrogens is 336 g/mol. The molecule has 0 spiro atoms. The van der Waals surface area contributed by atoms with Gasteiger partial charge in [0.15, 0.2) is 0 Å². The Morgan fingerprint density at radius 1 is 1.00 bits per heavy atom. The monoisotopic (exact) mass is 347 g/mol. The molecule has 128 valence electrons. The highest BCUT2D eigenvalue weighted by Gasteiger charge is 2.39. The molecule has 2 amide bonds. The van der Waals surface area contributed by atoms with Gasteiger partial charge in [-0.3, -0.25) is 9.59 Å². The number of benzene rings is 2. The average molecular weight is 347 g/mol. The van der Waals surface area contributed by atoms with E-state index in [0.717, 1.165) is 6.07 Å². The maximum Gasteiger partial charge on any atom is 0.368 e. The summed E-state index contributed by atoms with van der Waals surface area (Å²) < 4.78 is 31.3. The van der Waals surface area contributed by atoms with Gasteiger partial charge in [0, 0.05) is 5.56 Å². The lowest BCUT2D eigenvalue weighted by molar-refractivity contribution is -0.0589. The Labute approximate surface area is 140 Å². The predicted octanol–water partition coefficient (Wildman–Crippen LogP) is 3.00. The Kier molecular flexibility index (Phi) is 4.18. The number of imide groups is 1. The molecule has 1 aliphatic rings. The lowest BCUT2D eigenvalue weighted by Gasteiger charge is -2.16. The van der Waals surface area contributed by atoms with Crippen LogP contribution in [0.2, 0.25) is 0 Å². The molecule has 6 nitrogen and oxygen atoms in total. The van der Waals surface area contributed by atoms with Crippen molar-refractivity contribution in [3.05, 3.63) is 64.7 Å². The van der Waals surface area contributed by atoms with Crippen molar-refractivity contribution >= 4 is 17.8 Å². The van der Waals surface area contributed by atoms with E-state index >= 15 is 0 Å². The van der Waals surface area contributed by atoms with Gasteiger partial charge >= 0.3 is 5.97 Å². The normalized spacial score (nSPS) is 13.2. The molecule has 1 heterocycles. The van der Waals surface area contributed by atoms with E-state index in [1.165, 1.54) is 31.4 Å². The molecule has 0 unspecified atom stereocenters. The molecule has 0 bridgehead atoms. The van der Waals surface area contributed by atoms with E-state index < -0.39 is 35.3 Å². The number of fused-ring (bicyclic) bond motifs is 1. The maximum atomic E-state index is 13.2. The summed E-state index contributed by atoms with van der Waals surface area (Å²) in [6, 6.07) is 9.51. The molecule has 1 aliphatic heterocycles. The molecular formula is C17H11F2NO5. The Balaban J connectivity index is 1.95. The highest BCUT2D eigenvalue weighted by molar-refractivity contribution is 6.21. The van der Waals surface area contributed by atoms with Crippen LogP contribution in [0.4, 0.5) is 8.78 Å². The number of ether oxygens (including phenoxy) is 1. The Morgan fingerprint density at radius 3 is 2.12 bits per heavy atom. The highest BCUT2D eigenvalue weighted by Crippen LogP contribution is 2.31. The van der Waals surface area contributed by atoms with Gasteiger partial charge in [0.05, 0.1) is 18.2 Å². The SMILES string of the molecule is COc1cccc(C(F)F)c1C(=O)ON1C(=O)c2ccccc2C1=O. The van der Waals surface area contributed by atoms with Gasteiger partial charge in [-0.1, -0.05) is 29.3 Å². The molecule has 0 fully saturated rings. The topological polar surface area (TPSA) is 72.9 Å². The summed E-state index contributed by atoms with van der Waals surface area (Å²) in [5.41, 5.74) is -1.04. The van der Waals surface area contributed by atoms with Crippen molar-refractivity contribution in [2.75, 3.05) is 7.11 Å². The van der Waals surface area contributed by atoms with Crippen LogP contribution in [-0.4, -0.2) is 30.0 Å². The zero-order valence-electron chi connectivity index (χ0n) is 12.9. The molecule has 8 heteroatoms. The molecule has 3 rings (SSSR count). The summed E-state index contributed by atoms with van der Waals surface area (Å²) in [5.74, 6) is -3.13. The number of hydroxylamine groups is 2. The first-order valence-corrected chi connectivity index (χ1v) is 7.11. The number of hydrogen-bond donors (Lipinski definition) is 0. The minimum absolute atomic E-state index is 0.0643. The van der Waals surface area contributed by atoms with Crippen molar-refractivity contribution in [2.45, 2.75) is 6.43 Å². The standard InChI is InChI=1S/C17H11F2NO5/c1-24-12-8-4-7-11(14(18)19)13(12)17(23)25-20-15(21)9-5-2-3-6-10(9)16(20)22/h2-8,14H,1H3. The summed E-state index contributed by atoms with van der Waals surface area (Å²) in [7, 11) is 1.20. The largest absolute Gasteiger partial charge is 0.496 e. The molecule has 0 N–H and O–H groups in total. The molecule has 0 saturated heterocycles. The van der Waals surface area contributed by atoms with Gasteiger partial charge in [-0.2, -0.15) is 0 Å². The lowest BCUT2D eigenvalue weighted by atomic mass is 10.1. The predicted molar refractivity (Wildman–Crippen MR) is 80.3 cm³/mol. The van der Waals surface area contributed by atoms with Gasteiger partial charge in [0.1, 0.15) is 11.3 Å². The van der Waals surface area contributed by atoms with Crippen molar-refractivity contribution in [3.63, 3.8) is 0 Å². The zero-order chi connectivity index (χ0) is 18.1. The van der Waals surface area contributed by atoms with E-state index in [9.17, 15) is 23.2 Å². The van der Waals surface area contributed by atoms with Gasteiger partial charge in [0.25, 0.3) is 18.2 Å². The van der Waals surface area contributed by atoms with E-state index in [0.29, 0.717) is 0 Å². The summed E-state index contributed by atoms with van der Waals surface area (Å²) >= 11 is 0. The van der Waals surface area contributed by atoms with Crippen LogP contribution in [0.3, 0.4) is 0 Å². The van der Waals surface area contributed by atoms with Crippen LogP contribution >= 0.6 is 0 Å². The number of halogens is 2. The van der Waals surface area contributed by atoms with E-state index in [2.05, 4.69) is 0 Å². The van der Waals surface area contributed by atoms with Crippen molar-refractivity contribution in [2.24, 2.45) is 0 Å². The molecule has 0 aromatic heterocycles. The van der Waals surface area contributed by atoms with Crippen molar-refractivity contribution in [3.8, 4) is 5.75 Å². The number of amides is 2. The van der Waals surface area contributed by atoms with E-state index in [1.807, 2.05) is 0 Å². The first kappa shape index (κ1) is 16.6.